The third-order valence-corrected chi connectivity index (χ3v) is 15.8. The Bertz CT molecular complexity index is 1360. The van der Waals surface area contributed by atoms with E-state index in [1.807, 2.05) is 0 Å². The molecule has 0 aromatic heterocycles. The third-order valence-electron chi connectivity index (χ3n) is 15.8. The van der Waals surface area contributed by atoms with E-state index in [1.54, 1.807) is 0 Å². The Balaban J connectivity index is 3.94. The smallest absolute Gasteiger partial charge is 0.306 e. The fourth-order valence-electron chi connectivity index (χ4n) is 10.6. The van der Waals surface area contributed by atoms with Crippen molar-refractivity contribution in [3.8, 4) is 0 Å². The summed E-state index contributed by atoms with van der Waals surface area (Å²) in [7, 11) is 0. The van der Waals surface area contributed by atoms with Crippen LogP contribution < -0.4 is 0 Å². The zero-order valence-electron chi connectivity index (χ0n) is 53.2. The van der Waals surface area contributed by atoms with Crippen LogP contribution in [0.5, 0.6) is 0 Å². The molecule has 0 aliphatic heterocycles. The van der Waals surface area contributed by atoms with Gasteiger partial charge in [-0.3, -0.25) is 14.4 Å². The monoisotopic (exact) mass is 1110 g/mol. The van der Waals surface area contributed by atoms with Gasteiger partial charge in [-0.25, -0.2) is 0 Å². The minimum absolute atomic E-state index is 0.0659. The van der Waals surface area contributed by atoms with Crippen molar-refractivity contribution in [3.63, 3.8) is 0 Å². The largest absolute Gasteiger partial charge is 0.462 e. The average molecular weight is 1110 g/mol. The van der Waals surface area contributed by atoms with Crippen LogP contribution in [0.25, 0.3) is 0 Å². The minimum atomic E-state index is -0.765. The van der Waals surface area contributed by atoms with Crippen LogP contribution in [0.1, 0.15) is 380 Å². The van der Waals surface area contributed by atoms with Crippen molar-refractivity contribution in [2.24, 2.45) is 0 Å². The van der Waals surface area contributed by atoms with Gasteiger partial charge in [0.05, 0.1) is 0 Å². The summed E-state index contributed by atoms with van der Waals surface area (Å²) in [6, 6.07) is 0. The minimum Gasteiger partial charge on any atom is -0.462 e. The lowest BCUT2D eigenvalue weighted by Gasteiger charge is -2.18. The van der Waals surface area contributed by atoms with Crippen LogP contribution in [0, 0.1) is 0 Å². The van der Waals surface area contributed by atoms with Gasteiger partial charge in [-0.05, 0) is 57.8 Å². The zero-order valence-corrected chi connectivity index (χ0v) is 53.2. The van der Waals surface area contributed by atoms with Gasteiger partial charge in [0.15, 0.2) is 6.10 Å². The highest BCUT2D eigenvalue weighted by molar-refractivity contribution is 5.71. The van der Waals surface area contributed by atoms with E-state index < -0.39 is 6.10 Å². The number of ether oxygens (including phenoxy) is 3. The molecule has 0 aliphatic carbocycles. The van der Waals surface area contributed by atoms with Crippen molar-refractivity contribution in [1.82, 2.24) is 0 Å². The van der Waals surface area contributed by atoms with Crippen LogP contribution in [0.15, 0.2) is 48.6 Å². The van der Waals surface area contributed by atoms with Crippen molar-refractivity contribution in [3.05, 3.63) is 48.6 Å². The molecule has 0 amide bonds. The van der Waals surface area contributed by atoms with Gasteiger partial charge in [0, 0.05) is 19.3 Å². The molecule has 6 nitrogen and oxygen atoms in total. The quantitative estimate of drug-likeness (QED) is 0.0261. The Labute approximate surface area is 492 Å². The highest BCUT2D eigenvalue weighted by Gasteiger charge is 2.19. The molecule has 0 aromatic rings. The second-order valence-corrected chi connectivity index (χ2v) is 23.8. The number of carbonyl (C=O) groups is 3. The van der Waals surface area contributed by atoms with Gasteiger partial charge < -0.3 is 14.2 Å². The van der Waals surface area contributed by atoms with Crippen LogP contribution in [0.4, 0.5) is 0 Å². The molecule has 0 aromatic carbocycles. The number of hydrogen-bond donors (Lipinski definition) is 0. The molecule has 0 fully saturated rings. The Morgan fingerprint density at radius 3 is 0.772 bits per heavy atom. The lowest BCUT2D eigenvalue weighted by molar-refractivity contribution is -0.167. The number of rotatable bonds is 65. The Kier molecular flexibility index (Phi) is 65.6. The van der Waals surface area contributed by atoms with Crippen molar-refractivity contribution < 1.29 is 28.6 Å². The van der Waals surface area contributed by atoms with E-state index in [9.17, 15) is 14.4 Å². The maximum absolute atomic E-state index is 12.9. The second-order valence-electron chi connectivity index (χ2n) is 23.8. The van der Waals surface area contributed by atoms with E-state index in [4.69, 9.17) is 14.2 Å². The topological polar surface area (TPSA) is 78.9 Å². The molecule has 0 heterocycles. The van der Waals surface area contributed by atoms with Gasteiger partial charge in [0.25, 0.3) is 0 Å². The first-order valence-electron chi connectivity index (χ1n) is 35.1. The first kappa shape index (κ1) is 76.4. The summed E-state index contributed by atoms with van der Waals surface area (Å²) in [6.07, 6.45) is 86.2. The highest BCUT2D eigenvalue weighted by Crippen LogP contribution is 2.19. The molecule has 0 saturated heterocycles. The van der Waals surface area contributed by atoms with E-state index in [1.165, 1.54) is 257 Å². The summed E-state index contributed by atoms with van der Waals surface area (Å²) >= 11 is 0. The summed E-state index contributed by atoms with van der Waals surface area (Å²) < 4.78 is 16.9. The molecule has 0 rings (SSSR count). The molecule has 79 heavy (non-hydrogen) atoms. The van der Waals surface area contributed by atoms with E-state index in [2.05, 4.69) is 69.4 Å². The van der Waals surface area contributed by atoms with Crippen LogP contribution in [-0.4, -0.2) is 37.2 Å². The Morgan fingerprint density at radius 2 is 0.494 bits per heavy atom. The number of esters is 3. The van der Waals surface area contributed by atoms with Crippen LogP contribution in [0.2, 0.25) is 0 Å². The maximum Gasteiger partial charge on any atom is 0.306 e. The predicted octanol–water partition coefficient (Wildman–Crippen LogP) is 24.1. The molecule has 6 heteroatoms. The average Bonchev–Trinajstić information content (AvgIpc) is 3.45. The Hall–Kier alpha value is -2.63. The molecule has 0 radical (unpaired) electrons. The molecular formula is C73H134O6. The lowest BCUT2D eigenvalue weighted by atomic mass is 10.0. The highest BCUT2D eigenvalue weighted by atomic mass is 16.6. The van der Waals surface area contributed by atoms with Crippen LogP contribution in [0.3, 0.4) is 0 Å². The van der Waals surface area contributed by atoms with Gasteiger partial charge >= 0.3 is 17.9 Å². The molecule has 0 N–H and O–H groups in total. The van der Waals surface area contributed by atoms with Crippen LogP contribution in [-0.2, 0) is 28.6 Å². The van der Waals surface area contributed by atoms with E-state index in [0.29, 0.717) is 19.3 Å². The maximum atomic E-state index is 12.9. The number of allylic oxidation sites excluding steroid dienone is 8. The standard InChI is InChI=1S/C73H134O6/c1-4-7-10-13-16-18-20-22-24-26-28-30-32-33-34-35-36-37-38-39-40-41-42-44-45-47-49-51-53-55-57-60-63-66-72(75)78-69-70(68-77-71(74)65-62-59-15-12-9-6-3)79-73(76)67-64-61-58-56-54-52-50-48-46-43-31-29-27-25-23-21-19-17-14-11-8-5-2/h7,10,16,18,22,24,28,30,70H,4-6,8-9,11-15,17,19-21,23,25-27,29,31-69H2,1-3H3/b10-7-,18-16-,24-22-,30-28-. The molecule has 0 bridgehead atoms. The lowest BCUT2D eigenvalue weighted by Crippen LogP contribution is -2.30. The van der Waals surface area contributed by atoms with Crippen LogP contribution >= 0.6 is 0 Å². The summed E-state index contributed by atoms with van der Waals surface area (Å²) in [4.78, 5) is 38.1. The number of carbonyl (C=O) groups excluding carboxylic acids is 3. The first-order valence-corrected chi connectivity index (χ1v) is 35.1. The zero-order chi connectivity index (χ0) is 57.1. The van der Waals surface area contributed by atoms with E-state index in [-0.39, 0.29) is 31.1 Å². The van der Waals surface area contributed by atoms with Gasteiger partial charge in [-0.2, -0.15) is 0 Å². The third kappa shape index (κ3) is 66.1. The van der Waals surface area contributed by atoms with E-state index in [0.717, 1.165) is 83.5 Å². The van der Waals surface area contributed by atoms with Gasteiger partial charge in [-0.1, -0.05) is 352 Å². The number of unbranched alkanes of at least 4 members (excludes halogenated alkanes) is 46. The number of hydrogen-bond acceptors (Lipinski definition) is 6. The summed E-state index contributed by atoms with van der Waals surface area (Å²) in [5.74, 6) is -0.849. The Morgan fingerprint density at radius 1 is 0.266 bits per heavy atom. The molecule has 0 saturated carbocycles. The van der Waals surface area contributed by atoms with Gasteiger partial charge in [0.1, 0.15) is 13.2 Å². The fraction of sp³-hybridized carbons (Fsp3) is 0.849. The van der Waals surface area contributed by atoms with Gasteiger partial charge in [-0.15, -0.1) is 0 Å². The summed E-state index contributed by atoms with van der Waals surface area (Å²) in [6.45, 7) is 6.54. The second kappa shape index (κ2) is 67.9. The first-order chi connectivity index (χ1) is 39.0. The normalized spacial score (nSPS) is 12.3. The molecule has 0 spiro atoms. The fourth-order valence-corrected chi connectivity index (χ4v) is 10.6. The predicted molar refractivity (Wildman–Crippen MR) is 344 cm³/mol. The molecule has 1 unspecified atom stereocenters. The SMILES string of the molecule is CC/C=C\C/C=C\C/C=C\C/C=C\CCCCCCCCCCCCCCCCCCCCCCC(=O)OCC(COC(=O)CCCCCCCC)OC(=O)CCCCCCCCCCCCCCCCCCCCCCCC. The van der Waals surface area contributed by atoms with Gasteiger partial charge in [0.2, 0.25) is 0 Å². The van der Waals surface area contributed by atoms with Crippen molar-refractivity contribution in [2.45, 2.75) is 386 Å². The van der Waals surface area contributed by atoms with Crippen molar-refractivity contribution in [2.75, 3.05) is 13.2 Å². The molecule has 462 valence electrons. The summed E-state index contributed by atoms with van der Waals surface area (Å²) in [5.41, 5.74) is 0. The molecular weight excluding hydrogens is 973 g/mol. The van der Waals surface area contributed by atoms with Crippen molar-refractivity contribution >= 4 is 17.9 Å². The molecule has 1 atom stereocenters. The molecule has 0 aliphatic rings. The van der Waals surface area contributed by atoms with E-state index >= 15 is 0 Å². The summed E-state index contributed by atoms with van der Waals surface area (Å²) in [5, 5.41) is 0. The van der Waals surface area contributed by atoms with Crippen molar-refractivity contribution in [1.29, 1.82) is 0 Å².